The number of halogens is 1. The van der Waals surface area contributed by atoms with E-state index >= 15 is 0 Å². The number of carbonyl (C=O) groups excluding carboxylic acids is 2. The molecule has 0 aliphatic carbocycles. The van der Waals surface area contributed by atoms with Gasteiger partial charge in [-0.25, -0.2) is 4.39 Å². The number of nitrogens with zero attached hydrogens (tertiary/aromatic N) is 1. The summed E-state index contributed by atoms with van der Waals surface area (Å²) < 4.78 is 13.0. The molecule has 0 spiro atoms. The number of amides is 2. The Balaban J connectivity index is 1.97. The molecule has 3 atom stereocenters. The van der Waals surface area contributed by atoms with Crippen LogP contribution >= 0.6 is 0 Å². The normalized spacial score (nSPS) is 20.3. The SMILES string of the molecule is CC(CO)C(C)NC(=O)C1CCCN(C(=O)c2ccc(F)cc2)C1. The molecule has 3 unspecified atom stereocenters. The molecule has 132 valence electrons. The van der Waals surface area contributed by atoms with E-state index in [1.54, 1.807) is 4.90 Å². The first-order chi connectivity index (χ1) is 11.4. The summed E-state index contributed by atoms with van der Waals surface area (Å²) in [7, 11) is 0. The first-order valence-electron chi connectivity index (χ1n) is 8.38. The van der Waals surface area contributed by atoms with Gasteiger partial charge in [0.05, 0.1) is 5.92 Å². The molecular formula is C18H25FN2O3. The number of piperidine rings is 1. The van der Waals surface area contributed by atoms with Gasteiger partial charge in [0.25, 0.3) is 5.91 Å². The van der Waals surface area contributed by atoms with Gasteiger partial charge in [0.2, 0.25) is 5.91 Å². The van der Waals surface area contributed by atoms with E-state index in [9.17, 15) is 14.0 Å². The summed E-state index contributed by atoms with van der Waals surface area (Å²) in [5, 5.41) is 12.1. The molecule has 1 aromatic rings. The summed E-state index contributed by atoms with van der Waals surface area (Å²) in [6.45, 7) is 4.71. The summed E-state index contributed by atoms with van der Waals surface area (Å²) in [6.07, 6.45) is 1.49. The number of hydrogen-bond donors (Lipinski definition) is 2. The lowest BCUT2D eigenvalue weighted by Gasteiger charge is -2.33. The summed E-state index contributed by atoms with van der Waals surface area (Å²) >= 11 is 0. The largest absolute Gasteiger partial charge is 0.396 e. The highest BCUT2D eigenvalue weighted by Gasteiger charge is 2.30. The van der Waals surface area contributed by atoms with Gasteiger partial charge in [-0.05, 0) is 49.9 Å². The van der Waals surface area contributed by atoms with Crippen molar-refractivity contribution < 1.29 is 19.1 Å². The molecule has 1 aliphatic heterocycles. The average molecular weight is 336 g/mol. The molecule has 2 rings (SSSR count). The van der Waals surface area contributed by atoms with E-state index in [1.807, 2.05) is 13.8 Å². The highest BCUT2D eigenvalue weighted by Crippen LogP contribution is 2.19. The number of aliphatic hydroxyl groups excluding tert-OH is 1. The monoisotopic (exact) mass is 336 g/mol. The zero-order valence-electron chi connectivity index (χ0n) is 14.2. The van der Waals surface area contributed by atoms with Crippen LogP contribution in [0.15, 0.2) is 24.3 Å². The molecule has 1 fully saturated rings. The fourth-order valence-electron chi connectivity index (χ4n) is 2.79. The van der Waals surface area contributed by atoms with Crippen molar-refractivity contribution in [3.8, 4) is 0 Å². The molecule has 6 heteroatoms. The van der Waals surface area contributed by atoms with E-state index in [0.29, 0.717) is 18.7 Å². The van der Waals surface area contributed by atoms with Crippen molar-refractivity contribution in [2.75, 3.05) is 19.7 Å². The van der Waals surface area contributed by atoms with Gasteiger partial charge in [-0.3, -0.25) is 9.59 Å². The van der Waals surface area contributed by atoms with Crippen molar-refractivity contribution >= 4 is 11.8 Å². The van der Waals surface area contributed by atoms with E-state index in [0.717, 1.165) is 12.8 Å². The van der Waals surface area contributed by atoms with E-state index in [-0.39, 0.29) is 42.1 Å². The van der Waals surface area contributed by atoms with Gasteiger partial charge in [0.15, 0.2) is 0 Å². The van der Waals surface area contributed by atoms with Crippen LogP contribution in [0.5, 0.6) is 0 Å². The number of benzene rings is 1. The van der Waals surface area contributed by atoms with Gasteiger partial charge in [0.1, 0.15) is 5.82 Å². The third-order valence-electron chi connectivity index (χ3n) is 4.68. The lowest BCUT2D eigenvalue weighted by Crippen LogP contribution is -2.48. The van der Waals surface area contributed by atoms with Gasteiger partial charge < -0.3 is 15.3 Å². The van der Waals surface area contributed by atoms with Crippen LogP contribution in [0.1, 0.15) is 37.0 Å². The predicted octanol–water partition coefficient (Wildman–Crippen LogP) is 1.81. The van der Waals surface area contributed by atoms with Gasteiger partial charge in [-0.15, -0.1) is 0 Å². The highest BCUT2D eigenvalue weighted by molar-refractivity contribution is 5.94. The van der Waals surface area contributed by atoms with Crippen molar-refractivity contribution in [2.24, 2.45) is 11.8 Å². The maximum absolute atomic E-state index is 13.0. The van der Waals surface area contributed by atoms with Crippen molar-refractivity contribution in [3.63, 3.8) is 0 Å². The molecule has 0 radical (unpaired) electrons. The Hall–Kier alpha value is -1.95. The smallest absolute Gasteiger partial charge is 0.253 e. The zero-order valence-corrected chi connectivity index (χ0v) is 14.2. The Labute approximate surface area is 141 Å². The molecule has 0 saturated carbocycles. The van der Waals surface area contributed by atoms with Crippen molar-refractivity contribution in [1.82, 2.24) is 10.2 Å². The van der Waals surface area contributed by atoms with E-state index in [4.69, 9.17) is 5.11 Å². The Morgan fingerprint density at radius 2 is 2.00 bits per heavy atom. The van der Waals surface area contributed by atoms with Crippen LogP contribution in [0.3, 0.4) is 0 Å². The van der Waals surface area contributed by atoms with Crippen LogP contribution in [0.2, 0.25) is 0 Å². The van der Waals surface area contributed by atoms with Gasteiger partial charge in [0, 0.05) is 31.3 Å². The molecule has 2 amide bonds. The quantitative estimate of drug-likeness (QED) is 0.862. The molecule has 0 bridgehead atoms. The third-order valence-corrected chi connectivity index (χ3v) is 4.68. The summed E-state index contributed by atoms with van der Waals surface area (Å²) in [5.74, 6) is -0.913. The van der Waals surface area contributed by atoms with Crippen molar-refractivity contribution in [1.29, 1.82) is 0 Å². The molecule has 1 heterocycles. The second kappa shape index (κ2) is 8.24. The maximum atomic E-state index is 13.0. The van der Waals surface area contributed by atoms with Crippen LogP contribution in [0.25, 0.3) is 0 Å². The number of rotatable bonds is 5. The summed E-state index contributed by atoms with van der Waals surface area (Å²) in [5.41, 5.74) is 0.430. The maximum Gasteiger partial charge on any atom is 0.253 e. The number of hydrogen-bond acceptors (Lipinski definition) is 3. The van der Waals surface area contributed by atoms with Gasteiger partial charge in [-0.1, -0.05) is 6.92 Å². The fraction of sp³-hybridized carbons (Fsp3) is 0.556. The average Bonchev–Trinajstić information content (AvgIpc) is 2.61. The second-order valence-corrected chi connectivity index (χ2v) is 6.55. The van der Waals surface area contributed by atoms with E-state index in [2.05, 4.69) is 5.32 Å². The summed E-state index contributed by atoms with van der Waals surface area (Å²) in [6, 6.07) is 5.34. The molecule has 1 saturated heterocycles. The molecule has 5 nitrogen and oxygen atoms in total. The molecule has 1 aliphatic rings. The molecule has 2 N–H and O–H groups in total. The summed E-state index contributed by atoms with van der Waals surface area (Å²) in [4.78, 5) is 26.5. The molecule has 1 aromatic carbocycles. The van der Waals surface area contributed by atoms with Crippen LogP contribution in [0.4, 0.5) is 4.39 Å². The molecular weight excluding hydrogens is 311 g/mol. The number of likely N-dealkylation sites (tertiary alicyclic amines) is 1. The van der Waals surface area contributed by atoms with Crippen LogP contribution in [0, 0.1) is 17.7 Å². The topological polar surface area (TPSA) is 69.6 Å². The number of aliphatic hydroxyl groups is 1. The minimum absolute atomic E-state index is 0.0152. The Kier molecular flexibility index (Phi) is 6.31. The predicted molar refractivity (Wildman–Crippen MR) is 88.9 cm³/mol. The fourth-order valence-corrected chi connectivity index (χ4v) is 2.79. The third kappa shape index (κ3) is 4.54. The van der Waals surface area contributed by atoms with Crippen molar-refractivity contribution in [2.45, 2.75) is 32.7 Å². The van der Waals surface area contributed by atoms with Crippen LogP contribution in [-0.2, 0) is 4.79 Å². The van der Waals surface area contributed by atoms with E-state index < -0.39 is 0 Å². The minimum atomic E-state index is -0.380. The highest BCUT2D eigenvalue weighted by atomic mass is 19.1. The standard InChI is InChI=1S/C18H25FN2O3/c1-12(11-22)13(2)20-17(23)15-4-3-9-21(10-15)18(24)14-5-7-16(19)8-6-14/h5-8,12-13,15,22H,3-4,9-11H2,1-2H3,(H,20,23). The van der Waals surface area contributed by atoms with Crippen molar-refractivity contribution in [3.05, 3.63) is 35.6 Å². The zero-order chi connectivity index (χ0) is 17.7. The first kappa shape index (κ1) is 18.4. The molecule has 24 heavy (non-hydrogen) atoms. The lowest BCUT2D eigenvalue weighted by molar-refractivity contribution is -0.127. The molecule has 0 aromatic heterocycles. The minimum Gasteiger partial charge on any atom is -0.396 e. The first-order valence-corrected chi connectivity index (χ1v) is 8.38. The Bertz CT molecular complexity index is 576. The van der Waals surface area contributed by atoms with E-state index in [1.165, 1.54) is 24.3 Å². The Morgan fingerprint density at radius 1 is 1.33 bits per heavy atom. The second-order valence-electron chi connectivity index (χ2n) is 6.55. The lowest BCUT2D eigenvalue weighted by atomic mass is 9.95. The van der Waals surface area contributed by atoms with Gasteiger partial charge in [-0.2, -0.15) is 0 Å². The van der Waals surface area contributed by atoms with Crippen LogP contribution < -0.4 is 5.32 Å². The van der Waals surface area contributed by atoms with Crippen LogP contribution in [-0.4, -0.2) is 47.6 Å². The number of nitrogens with one attached hydrogen (secondary N) is 1. The van der Waals surface area contributed by atoms with Gasteiger partial charge >= 0.3 is 0 Å². The number of carbonyl (C=O) groups is 2. The Morgan fingerprint density at radius 3 is 2.62 bits per heavy atom.